The van der Waals surface area contributed by atoms with Crippen LogP contribution in [0, 0.1) is 0 Å². The molecule has 0 aromatic rings. The number of ether oxygens (including phenoxy) is 2. The first-order valence-electron chi connectivity index (χ1n) is 3.12. The number of hydrogen-bond acceptors (Lipinski definition) is 3. The Hall–Kier alpha value is -1.05. The molecular formula is C7H6O3. The van der Waals surface area contributed by atoms with Crippen LogP contribution < -0.4 is 0 Å². The maximum atomic E-state index is 10.7. The summed E-state index contributed by atoms with van der Waals surface area (Å²) >= 11 is 0. The van der Waals surface area contributed by atoms with Crippen LogP contribution in [0.1, 0.15) is 0 Å². The van der Waals surface area contributed by atoms with Gasteiger partial charge in [0.2, 0.25) is 0 Å². The van der Waals surface area contributed by atoms with Crippen molar-refractivity contribution in [2.45, 2.75) is 6.10 Å². The second kappa shape index (κ2) is 1.97. The first-order valence-corrected chi connectivity index (χ1v) is 3.12. The minimum Gasteiger partial charge on any atom is -0.459 e. The van der Waals surface area contributed by atoms with E-state index in [9.17, 15) is 4.79 Å². The van der Waals surface area contributed by atoms with Gasteiger partial charge in [0.25, 0.3) is 0 Å². The minimum atomic E-state index is -0.282. The topological polar surface area (TPSA) is 38.8 Å². The fourth-order valence-corrected chi connectivity index (χ4v) is 0.565. The molecular weight excluding hydrogens is 132 g/mol. The predicted molar refractivity (Wildman–Crippen MR) is 32.3 cm³/mol. The Kier molecular flexibility index (Phi) is 1.13. The minimum absolute atomic E-state index is 0.156. The van der Waals surface area contributed by atoms with Crippen LogP contribution in [0.3, 0.4) is 0 Å². The van der Waals surface area contributed by atoms with Crippen LogP contribution in [0.5, 0.6) is 0 Å². The lowest BCUT2D eigenvalue weighted by Gasteiger charge is -1.96. The molecule has 0 bridgehead atoms. The molecule has 3 heteroatoms. The molecule has 0 saturated carbocycles. The number of rotatable bonds is 3. The van der Waals surface area contributed by atoms with Gasteiger partial charge in [-0.15, -0.1) is 5.73 Å². The highest BCUT2D eigenvalue weighted by Crippen LogP contribution is 2.12. The van der Waals surface area contributed by atoms with Gasteiger partial charge in [-0.25, -0.2) is 4.79 Å². The standard InChI is InChI=1S/C7H6O3/c8-7(5-1-2-5)10-4-6-3-9-6/h1,6H,3-4H2. The Morgan fingerprint density at radius 3 is 3.20 bits per heavy atom. The number of epoxide rings is 1. The summed E-state index contributed by atoms with van der Waals surface area (Å²) in [6.45, 7) is 1.11. The molecule has 2 rings (SSSR count). The Bertz CT molecular complexity index is 231. The van der Waals surface area contributed by atoms with E-state index in [2.05, 4.69) is 5.73 Å². The van der Waals surface area contributed by atoms with E-state index in [1.807, 2.05) is 0 Å². The third-order valence-corrected chi connectivity index (χ3v) is 1.31. The summed E-state index contributed by atoms with van der Waals surface area (Å²) in [5.41, 5.74) is 3.21. The van der Waals surface area contributed by atoms with Crippen molar-refractivity contribution in [2.75, 3.05) is 13.2 Å². The van der Waals surface area contributed by atoms with Crippen molar-refractivity contribution >= 4 is 5.97 Å². The summed E-state index contributed by atoms with van der Waals surface area (Å²) in [6, 6.07) is 0. The van der Waals surface area contributed by atoms with Crippen molar-refractivity contribution in [1.82, 2.24) is 0 Å². The van der Waals surface area contributed by atoms with Gasteiger partial charge in [-0.05, 0) is 0 Å². The maximum absolute atomic E-state index is 10.7. The molecule has 0 aromatic heterocycles. The number of hydrogen-bond donors (Lipinski definition) is 0. The number of carbonyl (C=O) groups is 1. The molecule has 52 valence electrons. The Morgan fingerprint density at radius 2 is 2.70 bits per heavy atom. The Labute approximate surface area is 57.9 Å². The maximum Gasteiger partial charge on any atom is 0.346 e. The van der Waals surface area contributed by atoms with Crippen molar-refractivity contribution in [3.05, 3.63) is 17.4 Å². The normalized spacial score (nSPS) is 25.6. The van der Waals surface area contributed by atoms with E-state index in [0.29, 0.717) is 12.2 Å². The van der Waals surface area contributed by atoms with E-state index in [1.165, 1.54) is 0 Å². The molecule has 0 spiro atoms. The van der Waals surface area contributed by atoms with E-state index in [1.54, 1.807) is 6.08 Å². The van der Waals surface area contributed by atoms with Crippen molar-refractivity contribution in [3.8, 4) is 0 Å². The summed E-state index contributed by atoms with van der Waals surface area (Å²) in [6.07, 6.45) is 1.76. The van der Waals surface area contributed by atoms with Crippen molar-refractivity contribution < 1.29 is 14.3 Å². The SMILES string of the molecule is O=C(OCC1CO1)C1=C=C1. The Balaban J connectivity index is 1.68. The molecule has 0 aromatic carbocycles. The zero-order valence-corrected chi connectivity index (χ0v) is 5.29. The molecule has 3 nitrogen and oxygen atoms in total. The molecule has 1 heterocycles. The predicted octanol–water partition coefficient (Wildman–Crippen LogP) is 0.0235. The highest BCUT2D eigenvalue weighted by Gasteiger charge is 2.25. The highest BCUT2D eigenvalue weighted by atomic mass is 16.6. The van der Waals surface area contributed by atoms with Crippen LogP contribution in [0.2, 0.25) is 0 Å². The fraction of sp³-hybridized carbons (Fsp3) is 0.429. The molecule has 2 aliphatic rings. The molecule has 0 N–H and O–H groups in total. The first kappa shape index (κ1) is 5.71. The molecule has 1 atom stereocenters. The first-order chi connectivity index (χ1) is 4.86. The lowest BCUT2D eigenvalue weighted by Crippen LogP contribution is -2.08. The summed E-state index contributed by atoms with van der Waals surface area (Å²) in [7, 11) is 0. The lowest BCUT2D eigenvalue weighted by molar-refractivity contribution is -0.138. The molecule has 1 saturated heterocycles. The van der Waals surface area contributed by atoms with Gasteiger partial charge < -0.3 is 9.47 Å². The van der Waals surface area contributed by atoms with E-state index in [-0.39, 0.29) is 12.1 Å². The van der Waals surface area contributed by atoms with Crippen LogP contribution in [-0.4, -0.2) is 25.3 Å². The van der Waals surface area contributed by atoms with Gasteiger partial charge >= 0.3 is 5.97 Å². The van der Waals surface area contributed by atoms with Crippen LogP contribution in [-0.2, 0) is 14.3 Å². The molecule has 1 fully saturated rings. The van der Waals surface area contributed by atoms with E-state index >= 15 is 0 Å². The summed E-state index contributed by atoms with van der Waals surface area (Å²) in [4.78, 5) is 10.7. The second-order valence-corrected chi connectivity index (χ2v) is 2.26. The zero-order chi connectivity index (χ0) is 6.97. The molecule has 0 radical (unpaired) electrons. The summed E-state index contributed by atoms with van der Waals surface area (Å²) in [5.74, 6) is -0.282. The number of esters is 1. The van der Waals surface area contributed by atoms with Crippen LogP contribution in [0.25, 0.3) is 0 Å². The molecule has 1 aliphatic carbocycles. The van der Waals surface area contributed by atoms with E-state index in [4.69, 9.17) is 9.47 Å². The average Bonchev–Trinajstić information content (AvgIpc) is 2.76. The van der Waals surface area contributed by atoms with Crippen LogP contribution in [0.15, 0.2) is 17.4 Å². The summed E-state index contributed by atoms with van der Waals surface area (Å²) < 4.78 is 9.64. The van der Waals surface area contributed by atoms with E-state index in [0.717, 1.165) is 6.61 Å². The molecule has 1 unspecified atom stereocenters. The quantitative estimate of drug-likeness (QED) is 0.313. The Morgan fingerprint density at radius 1 is 2.00 bits per heavy atom. The third kappa shape index (κ3) is 1.26. The van der Waals surface area contributed by atoms with Crippen LogP contribution >= 0.6 is 0 Å². The molecule has 1 aliphatic heterocycles. The summed E-state index contributed by atoms with van der Waals surface area (Å²) in [5, 5.41) is 0. The van der Waals surface area contributed by atoms with Crippen molar-refractivity contribution in [3.63, 3.8) is 0 Å². The van der Waals surface area contributed by atoms with Gasteiger partial charge in [-0.1, -0.05) is 0 Å². The van der Waals surface area contributed by atoms with Crippen molar-refractivity contribution in [2.24, 2.45) is 0 Å². The smallest absolute Gasteiger partial charge is 0.346 e. The third-order valence-electron chi connectivity index (χ3n) is 1.31. The van der Waals surface area contributed by atoms with Crippen LogP contribution in [0.4, 0.5) is 0 Å². The molecule has 10 heavy (non-hydrogen) atoms. The average molecular weight is 138 g/mol. The largest absolute Gasteiger partial charge is 0.459 e. The zero-order valence-electron chi connectivity index (χ0n) is 5.29. The van der Waals surface area contributed by atoms with Crippen molar-refractivity contribution in [1.29, 1.82) is 0 Å². The fourth-order valence-electron chi connectivity index (χ4n) is 0.565. The van der Waals surface area contributed by atoms with Gasteiger partial charge in [0, 0.05) is 6.08 Å². The second-order valence-electron chi connectivity index (χ2n) is 2.26. The van der Waals surface area contributed by atoms with Gasteiger partial charge in [0.15, 0.2) is 0 Å². The molecule has 0 amide bonds. The lowest BCUT2D eigenvalue weighted by atomic mass is 10.5. The van der Waals surface area contributed by atoms with Gasteiger partial charge in [0.1, 0.15) is 18.3 Å². The van der Waals surface area contributed by atoms with E-state index < -0.39 is 0 Å². The van der Waals surface area contributed by atoms with Gasteiger partial charge in [-0.3, -0.25) is 0 Å². The number of carbonyl (C=O) groups excluding carboxylic acids is 1. The van der Waals surface area contributed by atoms with Gasteiger partial charge in [-0.2, -0.15) is 0 Å². The highest BCUT2D eigenvalue weighted by molar-refractivity contribution is 5.95. The monoisotopic (exact) mass is 138 g/mol. The van der Waals surface area contributed by atoms with Gasteiger partial charge in [0.05, 0.1) is 6.61 Å².